The Morgan fingerprint density at radius 3 is 2.53 bits per heavy atom. The van der Waals surface area contributed by atoms with Crippen LogP contribution in [0.15, 0.2) is 12.2 Å². The van der Waals surface area contributed by atoms with Crippen LogP contribution in [0, 0.1) is 23.2 Å². The summed E-state index contributed by atoms with van der Waals surface area (Å²) in [6, 6.07) is 0.504. The molecule has 3 fully saturated rings. The zero-order valence-corrected chi connectivity index (χ0v) is 19.7. The lowest BCUT2D eigenvalue weighted by molar-refractivity contribution is -0.137. The van der Waals surface area contributed by atoms with Gasteiger partial charge in [-0.2, -0.15) is 0 Å². The van der Waals surface area contributed by atoms with Gasteiger partial charge in [0.2, 0.25) is 0 Å². The molecule has 0 amide bonds. The zero-order valence-electron chi connectivity index (χ0n) is 19.7. The highest BCUT2D eigenvalue weighted by Gasteiger charge is 2.56. The zero-order chi connectivity index (χ0) is 22.0. The van der Waals surface area contributed by atoms with E-state index in [0.717, 1.165) is 50.5 Å². The number of aliphatic carboxylic acids is 1. The van der Waals surface area contributed by atoms with Crippen LogP contribution in [-0.2, 0) is 4.79 Å². The number of rotatable bonds is 16. The third kappa shape index (κ3) is 7.67. The van der Waals surface area contributed by atoms with Crippen LogP contribution >= 0.6 is 0 Å². The van der Waals surface area contributed by atoms with Crippen molar-refractivity contribution in [3.8, 4) is 0 Å². The molecule has 0 radical (unpaired) electrons. The van der Waals surface area contributed by atoms with Gasteiger partial charge in [-0.05, 0) is 61.7 Å². The second-order valence-corrected chi connectivity index (χ2v) is 10.5. The molecule has 0 aromatic rings. The first-order chi connectivity index (χ1) is 14.4. The number of nitrogens with one attached hydrogen (secondary N) is 1. The van der Waals surface area contributed by atoms with Crippen molar-refractivity contribution in [1.29, 1.82) is 0 Å². The van der Waals surface area contributed by atoms with Crippen LogP contribution in [-0.4, -0.2) is 34.9 Å². The maximum Gasteiger partial charge on any atom is 0.303 e. The maximum atomic E-state index is 10.6. The van der Waals surface area contributed by atoms with Crippen LogP contribution < -0.4 is 5.32 Å². The van der Waals surface area contributed by atoms with Crippen molar-refractivity contribution in [3.05, 3.63) is 12.2 Å². The molecule has 3 unspecified atom stereocenters. The average Bonchev–Trinajstić information content (AvgIpc) is 2.71. The van der Waals surface area contributed by atoms with Gasteiger partial charge in [0.05, 0.1) is 6.10 Å². The number of hydrogen-bond acceptors (Lipinski definition) is 3. The number of aliphatic hydroxyl groups is 1. The molecule has 3 rings (SSSR count). The van der Waals surface area contributed by atoms with Crippen molar-refractivity contribution in [3.63, 3.8) is 0 Å². The molecule has 3 saturated carbocycles. The lowest BCUT2D eigenvalue weighted by atomic mass is 9.44. The molecule has 30 heavy (non-hydrogen) atoms. The Hall–Kier alpha value is -0.870. The van der Waals surface area contributed by atoms with Gasteiger partial charge >= 0.3 is 5.97 Å². The first-order valence-electron chi connectivity index (χ1n) is 12.6. The summed E-state index contributed by atoms with van der Waals surface area (Å²) in [5.41, 5.74) is 0.442. The number of aliphatic hydroxyl groups excluding tert-OH is 1. The Kier molecular flexibility index (Phi) is 10.9. The molecule has 0 spiro atoms. The molecule has 0 aliphatic heterocycles. The summed E-state index contributed by atoms with van der Waals surface area (Å²) in [5, 5.41) is 22.9. The predicted octanol–water partition coefficient (Wildman–Crippen LogP) is 5.94. The fourth-order valence-electron chi connectivity index (χ4n) is 5.80. The minimum atomic E-state index is -0.707. The van der Waals surface area contributed by atoms with E-state index in [9.17, 15) is 9.90 Å². The quantitative estimate of drug-likeness (QED) is 0.213. The van der Waals surface area contributed by atoms with Gasteiger partial charge in [-0.15, -0.1) is 0 Å². The van der Waals surface area contributed by atoms with E-state index in [1.54, 1.807) is 0 Å². The topological polar surface area (TPSA) is 69.6 Å². The Morgan fingerprint density at radius 2 is 1.83 bits per heavy atom. The van der Waals surface area contributed by atoms with Crippen LogP contribution in [0.4, 0.5) is 0 Å². The highest BCUT2D eigenvalue weighted by molar-refractivity contribution is 5.66. The van der Waals surface area contributed by atoms with Crippen LogP contribution in [0.25, 0.3) is 0 Å². The van der Waals surface area contributed by atoms with Crippen molar-refractivity contribution >= 4 is 5.97 Å². The second-order valence-electron chi connectivity index (χ2n) is 10.5. The summed E-state index contributed by atoms with van der Waals surface area (Å²) < 4.78 is 0. The van der Waals surface area contributed by atoms with Gasteiger partial charge in [0.25, 0.3) is 0 Å². The third-order valence-corrected chi connectivity index (χ3v) is 7.96. The van der Waals surface area contributed by atoms with E-state index in [1.807, 2.05) is 0 Å². The normalized spacial score (nSPS) is 28.4. The molecule has 0 heterocycles. The van der Waals surface area contributed by atoms with E-state index >= 15 is 0 Å². The molecule has 0 aromatic carbocycles. The summed E-state index contributed by atoms with van der Waals surface area (Å²) >= 11 is 0. The van der Waals surface area contributed by atoms with Gasteiger partial charge in [-0.25, -0.2) is 0 Å². The minimum Gasteiger partial charge on any atom is -0.481 e. The van der Waals surface area contributed by atoms with E-state index in [4.69, 9.17) is 5.11 Å². The van der Waals surface area contributed by atoms with Crippen molar-refractivity contribution in [2.24, 2.45) is 23.2 Å². The summed E-state index contributed by atoms with van der Waals surface area (Å²) in [7, 11) is 0. The average molecular weight is 422 g/mol. The molecule has 2 bridgehead atoms. The molecular formula is C26H47NO3. The van der Waals surface area contributed by atoms with Gasteiger partial charge in [0.15, 0.2) is 0 Å². The molecule has 174 valence electrons. The van der Waals surface area contributed by atoms with Crippen LogP contribution in [0.2, 0.25) is 0 Å². The second kappa shape index (κ2) is 12.9. The number of carbonyl (C=O) groups is 1. The number of carboxylic acids is 1. The Balaban J connectivity index is 1.73. The van der Waals surface area contributed by atoms with E-state index < -0.39 is 5.97 Å². The first kappa shape index (κ1) is 25.4. The molecule has 0 saturated heterocycles. The first-order valence-corrected chi connectivity index (χ1v) is 12.6. The standard InChI is InChI=1S/C26H47NO3/c1-4-5-6-7-8-11-14-21(28)19-27-24-18-20-17-23(26(20,2)3)22(24)15-12-9-10-13-16-25(29)30/h9,12,20-24,27-28H,4-8,10-11,13-19H2,1-3H3,(H,29,30)/b12-9-/t20-,21?,22+,23?,24?/m1/s1. The van der Waals surface area contributed by atoms with E-state index in [-0.39, 0.29) is 12.5 Å². The largest absolute Gasteiger partial charge is 0.481 e. The fraction of sp³-hybridized carbons (Fsp3) is 0.885. The van der Waals surface area contributed by atoms with Crippen molar-refractivity contribution in [2.75, 3.05) is 6.54 Å². The van der Waals surface area contributed by atoms with E-state index in [0.29, 0.717) is 17.4 Å². The number of allylic oxidation sites excluding steroid dienone is 2. The summed E-state index contributed by atoms with van der Waals surface area (Å²) in [5.74, 6) is 1.49. The highest BCUT2D eigenvalue weighted by Crippen LogP contribution is 2.62. The summed E-state index contributed by atoms with van der Waals surface area (Å²) in [6.45, 7) is 7.82. The number of fused-ring (bicyclic) bond motifs is 2. The molecule has 3 aliphatic rings. The van der Waals surface area contributed by atoms with Crippen LogP contribution in [0.1, 0.15) is 104 Å². The lowest BCUT2D eigenvalue weighted by Crippen LogP contribution is -2.61. The third-order valence-electron chi connectivity index (χ3n) is 7.96. The van der Waals surface area contributed by atoms with Crippen molar-refractivity contribution in [2.45, 2.75) is 116 Å². The van der Waals surface area contributed by atoms with Crippen molar-refractivity contribution < 1.29 is 15.0 Å². The molecule has 4 nitrogen and oxygen atoms in total. The minimum absolute atomic E-state index is 0.227. The summed E-state index contributed by atoms with van der Waals surface area (Å²) in [4.78, 5) is 10.6. The fourth-order valence-corrected chi connectivity index (χ4v) is 5.80. The SMILES string of the molecule is CCCCCCCCC(O)CNC1C[C@H]2CC([C@@H]1C/C=C\CCCC(=O)O)C2(C)C. The highest BCUT2D eigenvalue weighted by atomic mass is 16.4. The molecule has 3 aliphatic carbocycles. The maximum absolute atomic E-state index is 10.6. The number of carboxylic acid groups (broad SMARTS) is 1. The Morgan fingerprint density at radius 1 is 1.10 bits per heavy atom. The van der Waals surface area contributed by atoms with Gasteiger partial charge in [-0.1, -0.05) is 71.4 Å². The van der Waals surface area contributed by atoms with Crippen LogP contribution in [0.3, 0.4) is 0 Å². The molecule has 4 heteroatoms. The molecule has 0 aromatic heterocycles. The van der Waals surface area contributed by atoms with Crippen LogP contribution in [0.5, 0.6) is 0 Å². The van der Waals surface area contributed by atoms with E-state index in [1.165, 1.54) is 44.9 Å². The Bertz CT molecular complexity index is 530. The number of unbranched alkanes of at least 4 members (excludes halogenated alkanes) is 6. The van der Waals surface area contributed by atoms with Gasteiger partial charge in [0, 0.05) is 19.0 Å². The number of hydrogen-bond donors (Lipinski definition) is 3. The van der Waals surface area contributed by atoms with E-state index in [2.05, 4.69) is 38.2 Å². The monoisotopic (exact) mass is 421 g/mol. The molecule has 5 atom stereocenters. The lowest BCUT2D eigenvalue weighted by Gasteiger charge is -2.63. The van der Waals surface area contributed by atoms with Gasteiger partial charge < -0.3 is 15.5 Å². The van der Waals surface area contributed by atoms with Gasteiger partial charge in [0.1, 0.15) is 0 Å². The van der Waals surface area contributed by atoms with Crippen molar-refractivity contribution in [1.82, 2.24) is 5.32 Å². The smallest absolute Gasteiger partial charge is 0.303 e. The van der Waals surface area contributed by atoms with Gasteiger partial charge in [-0.3, -0.25) is 4.79 Å². The predicted molar refractivity (Wildman–Crippen MR) is 125 cm³/mol. The summed E-state index contributed by atoms with van der Waals surface area (Å²) in [6.07, 6.45) is 18.2. The molecular weight excluding hydrogens is 374 g/mol. The Labute approximate surface area is 184 Å². The molecule has 3 N–H and O–H groups in total.